The van der Waals surface area contributed by atoms with E-state index >= 15 is 0 Å². The standard InChI is InChI=1S/4H3O4P.3W/c4*1-5(2,3)4;;;/h4*(H3,1,2,3,4);;;/p-12. The molecule has 146 valence electrons. The molecule has 0 amide bonds. The fourth-order valence-corrected chi connectivity index (χ4v) is 0. The molecule has 0 spiro atoms. The molecule has 0 saturated heterocycles. The number of hydrogen-bond acceptors (Lipinski definition) is 16. The van der Waals surface area contributed by atoms with E-state index in [2.05, 4.69) is 0 Å². The molecule has 0 aromatic rings. The molecule has 0 rings (SSSR count). The molecule has 0 aromatic carbocycles. The van der Waals surface area contributed by atoms with Crippen LogP contribution >= 0.6 is 31.3 Å². The maximum absolute atomic E-state index is 8.55. The summed E-state index contributed by atoms with van der Waals surface area (Å²) in [6, 6.07) is 0. The first-order chi connectivity index (χ1) is 8.00. The van der Waals surface area contributed by atoms with Gasteiger partial charge >= 0.3 is 0 Å². The zero-order valence-electron chi connectivity index (χ0n) is 9.55. The van der Waals surface area contributed by atoms with Gasteiger partial charge < -0.3 is 77.0 Å². The van der Waals surface area contributed by atoms with E-state index in [1.54, 1.807) is 0 Å². The summed E-state index contributed by atoms with van der Waals surface area (Å²) in [7, 11) is -21.6. The molecular weight excluding hydrogens is 931 g/mol. The van der Waals surface area contributed by atoms with E-state index in [1.165, 1.54) is 0 Å². The Bertz CT molecular complexity index is 292. The van der Waals surface area contributed by atoms with Gasteiger partial charge in [0.15, 0.2) is 0 Å². The van der Waals surface area contributed by atoms with Crippen LogP contribution in [0.15, 0.2) is 0 Å². The number of hydrogen-bond donors (Lipinski definition) is 0. The molecule has 23 heteroatoms. The van der Waals surface area contributed by atoms with Crippen LogP contribution in [0.3, 0.4) is 0 Å². The summed E-state index contributed by atoms with van der Waals surface area (Å²) < 4.78 is 34.2. The van der Waals surface area contributed by atoms with Crippen LogP contribution in [0, 0.1) is 0 Å². The first kappa shape index (κ1) is 44.7. The van der Waals surface area contributed by atoms with Gasteiger partial charge in [-0.05, 0) is 0 Å². The van der Waals surface area contributed by atoms with E-state index in [-0.39, 0.29) is 63.2 Å². The minimum Gasteiger partial charge on any atom is -0.822 e. The first-order valence-corrected chi connectivity index (χ1v) is 8.76. The van der Waals surface area contributed by atoms with E-state index in [1.807, 2.05) is 0 Å². The fraction of sp³-hybridized carbons (Fsp3) is 0. The van der Waals surface area contributed by atoms with Crippen LogP contribution in [0.1, 0.15) is 0 Å². The van der Waals surface area contributed by atoms with Crippen molar-refractivity contribution in [1.29, 1.82) is 0 Å². The minimum atomic E-state index is -5.39. The molecule has 0 fully saturated rings. The molecule has 0 aromatic heterocycles. The average Bonchev–Trinajstić information content (AvgIpc) is 1.62. The zero-order valence-corrected chi connectivity index (χ0v) is 21.9. The second kappa shape index (κ2) is 19.3. The van der Waals surface area contributed by atoms with Crippen molar-refractivity contribution >= 4 is 31.3 Å². The molecular formula is O16P4W3-12. The maximum Gasteiger partial charge on any atom is 0 e. The van der Waals surface area contributed by atoms with Gasteiger partial charge in [0.2, 0.25) is 0 Å². The third kappa shape index (κ3) is 1980. The zero-order chi connectivity index (χ0) is 18.0. The average molecular weight is 931 g/mol. The Hall–Kier alpha value is 2.50. The molecule has 0 aliphatic carbocycles. The minimum absolute atomic E-state index is 0. The Morgan fingerprint density at radius 2 is 0.304 bits per heavy atom. The monoisotopic (exact) mass is 932 g/mol. The molecule has 16 nitrogen and oxygen atoms in total. The maximum atomic E-state index is 8.55. The summed E-state index contributed by atoms with van der Waals surface area (Å²) in [6.07, 6.45) is 0. The summed E-state index contributed by atoms with van der Waals surface area (Å²) in [4.78, 5) is 103. The second-order valence-corrected chi connectivity index (χ2v) is 5.37. The smallest absolute Gasteiger partial charge is 0 e. The molecule has 0 radical (unpaired) electrons. The van der Waals surface area contributed by atoms with Gasteiger partial charge in [0.25, 0.3) is 0 Å². The summed E-state index contributed by atoms with van der Waals surface area (Å²) in [5.74, 6) is 0. The fourth-order valence-electron chi connectivity index (χ4n) is 0. The molecule has 0 heterocycles. The van der Waals surface area contributed by atoms with Crippen LogP contribution < -0.4 is 58.7 Å². The third-order valence-corrected chi connectivity index (χ3v) is 0. The predicted octanol–water partition coefficient (Wildman–Crippen LogP) is -11.3. The van der Waals surface area contributed by atoms with Crippen LogP contribution in [0.5, 0.6) is 0 Å². The van der Waals surface area contributed by atoms with Crippen molar-refractivity contribution in [3.05, 3.63) is 0 Å². The summed E-state index contributed by atoms with van der Waals surface area (Å²) >= 11 is 0. The normalized spacial score (nSPS) is 10.3. The van der Waals surface area contributed by atoms with Gasteiger partial charge in [-0.25, -0.2) is 0 Å². The molecule has 0 unspecified atom stereocenters. The van der Waals surface area contributed by atoms with Gasteiger partial charge in [-0.3, -0.25) is 0 Å². The molecule has 0 bridgehead atoms. The van der Waals surface area contributed by atoms with E-state index in [0.29, 0.717) is 0 Å². The molecule has 0 aliphatic rings. The van der Waals surface area contributed by atoms with Crippen molar-refractivity contribution in [3.63, 3.8) is 0 Å². The summed E-state index contributed by atoms with van der Waals surface area (Å²) in [5, 5.41) is 0. The predicted molar refractivity (Wildman–Crippen MR) is 30.4 cm³/mol. The Balaban J connectivity index is -0.0000000284. The molecule has 23 heavy (non-hydrogen) atoms. The van der Waals surface area contributed by atoms with Crippen molar-refractivity contribution in [2.45, 2.75) is 0 Å². The topological polar surface area (TPSA) is 345 Å². The quantitative estimate of drug-likeness (QED) is 0.204. The Labute approximate surface area is 170 Å². The van der Waals surface area contributed by atoms with Gasteiger partial charge in [-0.15, -0.1) is 0 Å². The van der Waals surface area contributed by atoms with Crippen molar-refractivity contribution < 1.29 is 140 Å². The second-order valence-electron chi connectivity index (χ2n) is 1.79. The van der Waals surface area contributed by atoms with Crippen LogP contribution in [-0.2, 0) is 81.5 Å². The van der Waals surface area contributed by atoms with Crippen molar-refractivity contribution in [1.82, 2.24) is 0 Å². The van der Waals surface area contributed by atoms with E-state index < -0.39 is 31.3 Å². The van der Waals surface area contributed by atoms with E-state index in [9.17, 15) is 0 Å². The SMILES string of the molecule is O=P([O-])([O-])[O-].O=P([O-])([O-])[O-].O=P([O-])([O-])[O-].O=P([O-])([O-])[O-].[W].[W].[W]. The van der Waals surface area contributed by atoms with Gasteiger partial charge in [-0.1, -0.05) is 0 Å². The van der Waals surface area contributed by atoms with Crippen molar-refractivity contribution in [3.8, 4) is 0 Å². The van der Waals surface area contributed by atoms with Crippen LogP contribution in [0.4, 0.5) is 0 Å². The largest absolute Gasteiger partial charge is 0.822 e. The van der Waals surface area contributed by atoms with Gasteiger partial charge in [0.1, 0.15) is 0 Å². The molecule has 0 atom stereocenters. The Morgan fingerprint density at radius 1 is 0.304 bits per heavy atom. The molecule has 0 saturated carbocycles. The van der Waals surface area contributed by atoms with E-state index in [0.717, 1.165) is 0 Å². The summed E-state index contributed by atoms with van der Waals surface area (Å²) in [6.45, 7) is 0. The van der Waals surface area contributed by atoms with Gasteiger partial charge in [0, 0.05) is 63.2 Å². The van der Waals surface area contributed by atoms with Gasteiger partial charge in [-0.2, -0.15) is 31.3 Å². The van der Waals surface area contributed by atoms with Crippen LogP contribution in [0.2, 0.25) is 0 Å². The van der Waals surface area contributed by atoms with Gasteiger partial charge in [0.05, 0.1) is 0 Å². The van der Waals surface area contributed by atoms with Crippen LogP contribution in [0.25, 0.3) is 0 Å². The van der Waals surface area contributed by atoms with Crippen molar-refractivity contribution in [2.24, 2.45) is 0 Å². The molecule has 0 N–H and O–H groups in total. The Morgan fingerprint density at radius 3 is 0.304 bits per heavy atom. The number of phosphoric acid groups is 4. The van der Waals surface area contributed by atoms with Crippen LogP contribution in [-0.4, -0.2) is 0 Å². The third-order valence-electron chi connectivity index (χ3n) is 0. The Kier molecular flexibility index (Phi) is 37.5. The molecule has 0 aliphatic heterocycles. The van der Waals surface area contributed by atoms with E-state index in [4.69, 9.17) is 77.0 Å². The van der Waals surface area contributed by atoms with Crippen molar-refractivity contribution in [2.75, 3.05) is 0 Å². The number of rotatable bonds is 0. The summed E-state index contributed by atoms with van der Waals surface area (Å²) in [5.41, 5.74) is 0. The first-order valence-electron chi connectivity index (χ1n) is 2.92.